The molecule has 0 aromatic heterocycles. The first-order valence-corrected chi connectivity index (χ1v) is 9.82. The number of amides is 1. The molecule has 0 aliphatic carbocycles. The molecule has 0 aliphatic heterocycles. The Balaban J connectivity index is 1.70. The number of carbonyl (C=O) groups is 1. The number of carbonyl (C=O) groups excluding carboxylic acids is 1. The Morgan fingerprint density at radius 2 is 1.93 bits per heavy atom. The Bertz CT molecular complexity index is 1120. The molecule has 0 atom stereocenters. The minimum absolute atomic E-state index is 0.00462. The molecule has 3 aromatic rings. The summed E-state index contributed by atoms with van der Waals surface area (Å²) in [5.74, 6) is 0.0904. The summed E-state index contributed by atoms with van der Waals surface area (Å²) in [6.45, 7) is 1.95. The van der Waals surface area contributed by atoms with E-state index in [9.17, 15) is 14.9 Å². The molecule has 1 N–H and O–H groups in total. The highest BCUT2D eigenvalue weighted by Crippen LogP contribution is 2.30. The standard InChI is InChI=1S/C21H18BrN3O5/c1-2-29-19-9-7-14-5-3-4-6-16(14)17(19)12-23-24-21(26)13-30-20-10-8-15(22)11-18(20)25(27)28/h3-12H,2,13H2,1H3,(H,24,26)/b23-12+. The number of nitro benzene ring substituents is 1. The molecule has 3 aromatic carbocycles. The average molecular weight is 472 g/mol. The highest BCUT2D eigenvalue weighted by Gasteiger charge is 2.16. The van der Waals surface area contributed by atoms with Gasteiger partial charge in [0, 0.05) is 16.1 Å². The number of nitrogens with one attached hydrogen (secondary N) is 1. The van der Waals surface area contributed by atoms with Crippen LogP contribution < -0.4 is 14.9 Å². The molecule has 30 heavy (non-hydrogen) atoms. The van der Waals surface area contributed by atoms with Gasteiger partial charge in [-0.15, -0.1) is 0 Å². The maximum Gasteiger partial charge on any atom is 0.312 e. The summed E-state index contributed by atoms with van der Waals surface area (Å²) < 4.78 is 11.5. The zero-order chi connectivity index (χ0) is 21.5. The van der Waals surface area contributed by atoms with Crippen LogP contribution in [0.5, 0.6) is 11.5 Å². The van der Waals surface area contributed by atoms with Crippen LogP contribution in [0.3, 0.4) is 0 Å². The SMILES string of the molecule is CCOc1ccc2ccccc2c1/C=N/NC(=O)COc1ccc(Br)cc1[N+](=O)[O-]. The second kappa shape index (κ2) is 9.84. The highest BCUT2D eigenvalue weighted by molar-refractivity contribution is 9.10. The number of fused-ring (bicyclic) bond motifs is 1. The Kier molecular flexibility index (Phi) is 6.97. The van der Waals surface area contributed by atoms with Crippen LogP contribution in [0.1, 0.15) is 12.5 Å². The molecule has 1 amide bonds. The fourth-order valence-corrected chi connectivity index (χ4v) is 3.14. The number of hydrogen-bond donors (Lipinski definition) is 1. The van der Waals surface area contributed by atoms with Crippen molar-refractivity contribution in [1.82, 2.24) is 5.43 Å². The first-order valence-electron chi connectivity index (χ1n) is 9.02. The molecule has 3 rings (SSSR count). The van der Waals surface area contributed by atoms with Crippen LogP contribution >= 0.6 is 15.9 Å². The predicted molar refractivity (Wildman–Crippen MR) is 117 cm³/mol. The van der Waals surface area contributed by atoms with Crippen molar-refractivity contribution in [1.29, 1.82) is 0 Å². The molecule has 0 saturated heterocycles. The van der Waals surface area contributed by atoms with Crippen LogP contribution in [0.2, 0.25) is 0 Å². The van der Waals surface area contributed by atoms with Gasteiger partial charge in [0.2, 0.25) is 0 Å². The smallest absolute Gasteiger partial charge is 0.312 e. The van der Waals surface area contributed by atoms with E-state index in [1.54, 1.807) is 6.07 Å². The molecule has 0 fully saturated rings. The molecule has 154 valence electrons. The molecular formula is C21H18BrN3O5. The van der Waals surface area contributed by atoms with Crippen LogP contribution in [-0.2, 0) is 4.79 Å². The summed E-state index contributed by atoms with van der Waals surface area (Å²) in [5, 5.41) is 17.0. The minimum Gasteiger partial charge on any atom is -0.493 e. The lowest BCUT2D eigenvalue weighted by Gasteiger charge is -2.10. The van der Waals surface area contributed by atoms with E-state index in [1.165, 1.54) is 18.3 Å². The van der Waals surface area contributed by atoms with Crippen molar-refractivity contribution in [2.45, 2.75) is 6.92 Å². The van der Waals surface area contributed by atoms with Crippen molar-refractivity contribution in [3.05, 3.63) is 74.7 Å². The molecule has 9 heteroatoms. The molecular weight excluding hydrogens is 454 g/mol. The van der Waals surface area contributed by atoms with Gasteiger partial charge in [-0.05, 0) is 35.9 Å². The van der Waals surface area contributed by atoms with Gasteiger partial charge in [0.05, 0.1) is 17.7 Å². The summed E-state index contributed by atoms with van der Waals surface area (Å²) in [6, 6.07) is 15.9. The van der Waals surface area contributed by atoms with E-state index in [0.717, 1.165) is 16.3 Å². The number of hydrazone groups is 1. The van der Waals surface area contributed by atoms with E-state index in [4.69, 9.17) is 9.47 Å². The van der Waals surface area contributed by atoms with E-state index in [1.807, 2.05) is 43.3 Å². The van der Waals surface area contributed by atoms with Crippen LogP contribution in [0.15, 0.2) is 64.2 Å². The van der Waals surface area contributed by atoms with Gasteiger partial charge < -0.3 is 9.47 Å². The second-order valence-corrected chi connectivity index (χ2v) is 7.00. The van der Waals surface area contributed by atoms with E-state index >= 15 is 0 Å². The summed E-state index contributed by atoms with van der Waals surface area (Å²) in [4.78, 5) is 22.6. The largest absolute Gasteiger partial charge is 0.493 e. The van der Waals surface area contributed by atoms with Crippen molar-refractivity contribution >= 4 is 44.5 Å². The Morgan fingerprint density at radius 3 is 2.70 bits per heavy atom. The second-order valence-electron chi connectivity index (χ2n) is 6.08. The van der Waals surface area contributed by atoms with Gasteiger partial charge in [0.1, 0.15) is 5.75 Å². The quantitative estimate of drug-likeness (QED) is 0.297. The molecule has 0 radical (unpaired) electrons. The van der Waals surface area contributed by atoms with Crippen LogP contribution in [0, 0.1) is 10.1 Å². The highest BCUT2D eigenvalue weighted by atomic mass is 79.9. The van der Waals surface area contributed by atoms with Gasteiger partial charge in [0.25, 0.3) is 5.91 Å². The minimum atomic E-state index is -0.577. The third kappa shape index (κ3) is 5.12. The van der Waals surface area contributed by atoms with Gasteiger partial charge in [-0.2, -0.15) is 5.10 Å². The van der Waals surface area contributed by atoms with Crippen LogP contribution in [-0.4, -0.2) is 30.3 Å². The molecule has 0 unspecified atom stereocenters. The Hall–Kier alpha value is -3.46. The van der Waals surface area contributed by atoms with Crippen LogP contribution in [0.25, 0.3) is 10.8 Å². The molecule has 0 spiro atoms. The lowest BCUT2D eigenvalue weighted by molar-refractivity contribution is -0.385. The fourth-order valence-electron chi connectivity index (χ4n) is 2.79. The average Bonchev–Trinajstić information content (AvgIpc) is 2.74. The van der Waals surface area contributed by atoms with Crippen molar-refractivity contribution in [2.24, 2.45) is 5.10 Å². The third-order valence-electron chi connectivity index (χ3n) is 4.09. The molecule has 0 saturated carbocycles. The first-order chi connectivity index (χ1) is 14.5. The molecule has 0 bridgehead atoms. The zero-order valence-electron chi connectivity index (χ0n) is 16.0. The van der Waals surface area contributed by atoms with Gasteiger partial charge in [0.15, 0.2) is 12.4 Å². The maximum atomic E-state index is 12.1. The van der Waals surface area contributed by atoms with Gasteiger partial charge in [-0.1, -0.05) is 46.3 Å². The fraction of sp³-hybridized carbons (Fsp3) is 0.143. The van der Waals surface area contributed by atoms with Gasteiger partial charge >= 0.3 is 5.69 Å². The summed E-state index contributed by atoms with van der Waals surface area (Å²) >= 11 is 3.17. The normalized spacial score (nSPS) is 10.9. The number of halogens is 1. The van der Waals surface area contributed by atoms with Crippen molar-refractivity contribution < 1.29 is 19.2 Å². The van der Waals surface area contributed by atoms with E-state index < -0.39 is 17.4 Å². The summed E-state index contributed by atoms with van der Waals surface area (Å²) in [5.41, 5.74) is 2.86. The predicted octanol–water partition coefficient (Wildman–Crippen LogP) is 4.44. The van der Waals surface area contributed by atoms with Crippen molar-refractivity contribution in [3.8, 4) is 11.5 Å². The zero-order valence-corrected chi connectivity index (χ0v) is 17.6. The number of benzene rings is 3. The van der Waals surface area contributed by atoms with Gasteiger partial charge in [-0.3, -0.25) is 14.9 Å². The lowest BCUT2D eigenvalue weighted by Crippen LogP contribution is -2.24. The Labute approximate surface area is 180 Å². The molecule has 0 aliphatic rings. The van der Waals surface area contributed by atoms with E-state index in [2.05, 4.69) is 26.5 Å². The number of rotatable bonds is 8. The van der Waals surface area contributed by atoms with E-state index in [0.29, 0.717) is 16.8 Å². The summed E-state index contributed by atoms with van der Waals surface area (Å²) in [7, 11) is 0. The lowest BCUT2D eigenvalue weighted by atomic mass is 10.0. The third-order valence-corrected chi connectivity index (χ3v) is 4.58. The van der Waals surface area contributed by atoms with Crippen molar-refractivity contribution in [3.63, 3.8) is 0 Å². The number of ether oxygens (including phenoxy) is 2. The number of nitro groups is 1. The molecule has 8 nitrogen and oxygen atoms in total. The number of nitrogens with zero attached hydrogens (tertiary/aromatic N) is 2. The topological polar surface area (TPSA) is 103 Å². The first kappa shape index (κ1) is 21.3. The number of hydrogen-bond acceptors (Lipinski definition) is 6. The maximum absolute atomic E-state index is 12.1. The summed E-state index contributed by atoms with van der Waals surface area (Å²) in [6.07, 6.45) is 1.51. The monoisotopic (exact) mass is 471 g/mol. The van der Waals surface area contributed by atoms with Crippen molar-refractivity contribution in [2.75, 3.05) is 13.2 Å². The van der Waals surface area contributed by atoms with Gasteiger partial charge in [-0.25, -0.2) is 5.43 Å². The van der Waals surface area contributed by atoms with E-state index in [-0.39, 0.29) is 11.4 Å². The Morgan fingerprint density at radius 1 is 1.17 bits per heavy atom. The molecule has 0 heterocycles. The van der Waals surface area contributed by atoms with Crippen LogP contribution in [0.4, 0.5) is 5.69 Å².